The van der Waals surface area contributed by atoms with Crippen LogP contribution in [0, 0.1) is 5.92 Å². The second kappa shape index (κ2) is 9.67. The zero-order valence-electron chi connectivity index (χ0n) is 12.1. The molecule has 0 aliphatic carbocycles. The predicted molar refractivity (Wildman–Crippen MR) is 82.1 cm³/mol. The van der Waals surface area contributed by atoms with Crippen molar-refractivity contribution in [2.45, 2.75) is 44.4 Å². The van der Waals surface area contributed by atoms with Gasteiger partial charge in [0.1, 0.15) is 0 Å². The highest BCUT2D eigenvalue weighted by atomic mass is 32.1. The summed E-state index contributed by atoms with van der Waals surface area (Å²) in [5.41, 5.74) is 0. The van der Waals surface area contributed by atoms with Crippen LogP contribution in [0.25, 0.3) is 0 Å². The first-order chi connectivity index (χ1) is 9.19. The van der Waals surface area contributed by atoms with Gasteiger partial charge < -0.3 is 9.39 Å². The Kier molecular flexibility index (Phi) is 8.58. The lowest BCUT2D eigenvalue weighted by Gasteiger charge is -2.32. The van der Waals surface area contributed by atoms with Gasteiger partial charge >= 0.3 is 8.05 Å². The Morgan fingerprint density at radius 3 is 2.89 bits per heavy atom. The van der Waals surface area contributed by atoms with E-state index in [1.807, 2.05) is 0 Å². The molecule has 0 saturated carbocycles. The topological polar surface area (TPSA) is 38.8 Å². The number of nitrogens with zero attached hydrogens (tertiary/aromatic N) is 1. The fourth-order valence-corrected chi connectivity index (χ4v) is 2.76. The molecule has 0 aromatic rings. The van der Waals surface area contributed by atoms with E-state index < -0.39 is 0 Å². The van der Waals surface area contributed by atoms with Crippen LogP contribution in [-0.2, 0) is 14.2 Å². The summed E-state index contributed by atoms with van der Waals surface area (Å²) in [6.45, 7) is 5.55. The van der Waals surface area contributed by atoms with Crippen LogP contribution < -0.4 is 0 Å². The van der Waals surface area contributed by atoms with E-state index in [-0.39, 0.29) is 17.3 Å². The van der Waals surface area contributed by atoms with Gasteiger partial charge in [0.15, 0.2) is 0 Å². The van der Waals surface area contributed by atoms with Crippen molar-refractivity contribution in [3.63, 3.8) is 0 Å². The van der Waals surface area contributed by atoms with Crippen LogP contribution >= 0.6 is 12.6 Å². The number of hydrogen-bond donors (Lipinski definition) is 1. The van der Waals surface area contributed by atoms with E-state index in [9.17, 15) is 4.79 Å². The SMILES string of the molecule is BOC(=O)C(CCCC)CCCN1CCOCC1S. The summed E-state index contributed by atoms with van der Waals surface area (Å²) >= 11 is 4.51. The minimum Gasteiger partial charge on any atom is -0.543 e. The predicted octanol–water partition coefficient (Wildman–Crippen LogP) is 1.25. The number of morpholine rings is 1. The third kappa shape index (κ3) is 6.19. The van der Waals surface area contributed by atoms with Gasteiger partial charge in [0.05, 0.1) is 24.5 Å². The van der Waals surface area contributed by atoms with Crippen molar-refractivity contribution in [2.75, 3.05) is 26.3 Å². The van der Waals surface area contributed by atoms with E-state index >= 15 is 0 Å². The molecule has 6 heteroatoms. The van der Waals surface area contributed by atoms with Crippen LogP contribution in [0.1, 0.15) is 39.0 Å². The summed E-state index contributed by atoms with van der Waals surface area (Å²) in [4.78, 5) is 14.0. The van der Waals surface area contributed by atoms with Crippen molar-refractivity contribution in [1.82, 2.24) is 4.90 Å². The van der Waals surface area contributed by atoms with Gasteiger partial charge in [0.2, 0.25) is 0 Å². The molecule has 0 N–H and O–H groups in total. The Labute approximate surface area is 123 Å². The van der Waals surface area contributed by atoms with E-state index in [1.165, 1.54) is 8.05 Å². The summed E-state index contributed by atoms with van der Waals surface area (Å²) in [6, 6.07) is 0. The third-order valence-corrected chi connectivity index (χ3v) is 4.13. The first-order valence-electron chi connectivity index (χ1n) is 7.26. The molecule has 0 spiro atoms. The number of hydrogen-bond acceptors (Lipinski definition) is 5. The van der Waals surface area contributed by atoms with Crippen LogP contribution in [0.15, 0.2) is 0 Å². The number of carbonyl (C=O) groups is 1. The molecule has 4 nitrogen and oxygen atoms in total. The normalized spacial score (nSPS) is 22.1. The highest BCUT2D eigenvalue weighted by molar-refractivity contribution is 7.80. The van der Waals surface area contributed by atoms with Gasteiger partial charge in [0, 0.05) is 6.54 Å². The molecule has 1 heterocycles. The third-order valence-electron chi connectivity index (χ3n) is 3.65. The van der Waals surface area contributed by atoms with E-state index in [0.29, 0.717) is 6.61 Å². The Balaban J connectivity index is 2.28. The molecule has 110 valence electrons. The summed E-state index contributed by atoms with van der Waals surface area (Å²) in [7, 11) is 1.48. The van der Waals surface area contributed by atoms with Crippen molar-refractivity contribution in [2.24, 2.45) is 5.92 Å². The second-order valence-electron chi connectivity index (χ2n) is 5.10. The Hall–Kier alpha value is -0.195. The van der Waals surface area contributed by atoms with Gasteiger partial charge in [-0.05, 0) is 25.8 Å². The Bertz CT molecular complexity index is 268. The zero-order chi connectivity index (χ0) is 14.1. The lowest BCUT2D eigenvalue weighted by molar-refractivity contribution is -0.139. The fraction of sp³-hybridized carbons (Fsp3) is 0.923. The van der Waals surface area contributed by atoms with E-state index in [1.54, 1.807) is 0 Å². The van der Waals surface area contributed by atoms with Gasteiger partial charge in [-0.25, -0.2) is 0 Å². The average molecular weight is 287 g/mol. The highest BCUT2D eigenvalue weighted by Crippen LogP contribution is 2.18. The van der Waals surface area contributed by atoms with Gasteiger partial charge in [0.25, 0.3) is 5.97 Å². The first-order valence-corrected chi connectivity index (χ1v) is 7.78. The lowest BCUT2D eigenvalue weighted by atomic mass is 9.96. The van der Waals surface area contributed by atoms with Crippen LogP contribution in [0.5, 0.6) is 0 Å². The standard InChI is InChI=1S/C13H26BNO3S/c1-2-3-5-11(13(16)18-14)6-4-7-15-8-9-17-10-12(15)19/h11-12,19H,2-10,14H2,1H3. The average Bonchev–Trinajstić information content (AvgIpc) is 2.43. The molecule has 0 radical (unpaired) electrons. The zero-order valence-corrected chi connectivity index (χ0v) is 13.0. The second-order valence-corrected chi connectivity index (χ2v) is 5.69. The molecule has 1 saturated heterocycles. The largest absolute Gasteiger partial charge is 0.543 e. The number of unbranched alkanes of at least 4 members (excludes halogenated alkanes) is 1. The molecular weight excluding hydrogens is 261 g/mol. The van der Waals surface area contributed by atoms with Crippen molar-refractivity contribution in [3.8, 4) is 0 Å². The first kappa shape index (κ1) is 16.9. The van der Waals surface area contributed by atoms with Crippen molar-refractivity contribution >= 4 is 26.6 Å². The maximum Gasteiger partial charge on any atom is 0.325 e. The van der Waals surface area contributed by atoms with Crippen molar-refractivity contribution < 1.29 is 14.2 Å². The highest BCUT2D eigenvalue weighted by Gasteiger charge is 2.21. The molecule has 1 aliphatic rings. The lowest BCUT2D eigenvalue weighted by Crippen LogP contribution is -2.42. The number of thiol groups is 1. The number of rotatable bonds is 8. The minimum atomic E-state index is -0.0575. The smallest absolute Gasteiger partial charge is 0.325 e. The molecule has 0 bridgehead atoms. The summed E-state index contributed by atoms with van der Waals surface area (Å²) < 4.78 is 10.2. The van der Waals surface area contributed by atoms with Gasteiger partial charge in [-0.15, -0.1) is 0 Å². The Morgan fingerprint density at radius 2 is 2.26 bits per heavy atom. The number of ether oxygens (including phenoxy) is 1. The van der Waals surface area contributed by atoms with Crippen LogP contribution in [-0.4, -0.2) is 50.6 Å². The summed E-state index contributed by atoms with van der Waals surface area (Å²) in [5, 5.41) is 0.195. The van der Waals surface area contributed by atoms with Crippen LogP contribution in [0.4, 0.5) is 0 Å². The molecule has 2 atom stereocenters. The maximum atomic E-state index is 11.7. The molecule has 0 aromatic carbocycles. The van der Waals surface area contributed by atoms with Crippen molar-refractivity contribution in [3.05, 3.63) is 0 Å². The van der Waals surface area contributed by atoms with Gasteiger partial charge in [-0.2, -0.15) is 12.6 Å². The van der Waals surface area contributed by atoms with Gasteiger partial charge in [-0.3, -0.25) is 9.69 Å². The monoisotopic (exact) mass is 287 g/mol. The van der Waals surface area contributed by atoms with Crippen LogP contribution in [0.3, 0.4) is 0 Å². The molecule has 0 aromatic heterocycles. The maximum absolute atomic E-state index is 11.7. The molecule has 1 aliphatic heterocycles. The molecular formula is C13H26BNO3S. The molecule has 1 fully saturated rings. The van der Waals surface area contributed by atoms with Gasteiger partial charge in [-0.1, -0.05) is 19.8 Å². The van der Waals surface area contributed by atoms with Crippen molar-refractivity contribution in [1.29, 1.82) is 0 Å². The Morgan fingerprint density at radius 1 is 1.53 bits per heavy atom. The molecule has 0 amide bonds. The fourth-order valence-electron chi connectivity index (χ4n) is 2.42. The van der Waals surface area contributed by atoms with E-state index in [2.05, 4.69) is 24.5 Å². The quantitative estimate of drug-likeness (QED) is 0.539. The summed E-state index contributed by atoms with van der Waals surface area (Å²) in [6.07, 6.45) is 5.07. The van der Waals surface area contributed by atoms with E-state index in [4.69, 9.17) is 9.39 Å². The molecule has 19 heavy (non-hydrogen) atoms. The number of carbonyl (C=O) groups excluding carboxylic acids is 1. The molecule has 2 unspecified atom stereocenters. The van der Waals surface area contributed by atoms with E-state index in [0.717, 1.165) is 51.8 Å². The summed E-state index contributed by atoms with van der Waals surface area (Å²) in [5.74, 6) is 0.00205. The minimum absolute atomic E-state index is 0.0575. The van der Waals surface area contributed by atoms with Crippen LogP contribution in [0.2, 0.25) is 0 Å². The molecule has 1 rings (SSSR count).